The second-order valence-corrected chi connectivity index (χ2v) is 4.59. The Morgan fingerprint density at radius 1 is 1.33 bits per heavy atom. The van der Waals surface area contributed by atoms with Gasteiger partial charge in [0.1, 0.15) is 5.82 Å². The first-order valence-corrected chi connectivity index (χ1v) is 6.72. The van der Waals surface area contributed by atoms with Crippen molar-refractivity contribution in [3.8, 4) is 0 Å². The van der Waals surface area contributed by atoms with Gasteiger partial charge in [-0.15, -0.1) is 0 Å². The number of hydrogen-bond acceptors (Lipinski definition) is 4. The van der Waals surface area contributed by atoms with Gasteiger partial charge in [0.15, 0.2) is 0 Å². The van der Waals surface area contributed by atoms with Crippen molar-refractivity contribution in [3.05, 3.63) is 23.3 Å². The molecule has 0 aliphatic heterocycles. The summed E-state index contributed by atoms with van der Waals surface area (Å²) in [7, 11) is 3.79. The Bertz CT molecular complexity index is 355. The van der Waals surface area contributed by atoms with Gasteiger partial charge in [0.2, 0.25) is 0 Å². The van der Waals surface area contributed by atoms with Gasteiger partial charge in [0.25, 0.3) is 0 Å². The van der Waals surface area contributed by atoms with Crippen LogP contribution in [0, 0.1) is 0 Å². The molecule has 0 saturated heterocycles. The first-order valence-electron chi connectivity index (χ1n) is 6.72. The zero-order valence-corrected chi connectivity index (χ0v) is 12.1. The highest BCUT2D eigenvalue weighted by Gasteiger charge is 2.07. The molecule has 102 valence electrons. The molecule has 1 aromatic rings. The SMILES string of the molecule is CCCc1nc(CN(C)CCOC)ncc1CC. The van der Waals surface area contributed by atoms with Crippen LogP contribution in [0.1, 0.15) is 37.4 Å². The lowest BCUT2D eigenvalue weighted by Crippen LogP contribution is -2.23. The van der Waals surface area contributed by atoms with E-state index in [4.69, 9.17) is 4.74 Å². The number of nitrogens with zero attached hydrogens (tertiary/aromatic N) is 3. The zero-order valence-electron chi connectivity index (χ0n) is 12.1. The average molecular weight is 251 g/mol. The normalized spacial score (nSPS) is 11.2. The maximum Gasteiger partial charge on any atom is 0.142 e. The standard InChI is InChI=1S/C14H25N3O/c1-5-7-13-12(6-2)10-15-14(16-13)11-17(3)8-9-18-4/h10H,5-9,11H2,1-4H3. The molecule has 0 spiro atoms. The second kappa shape index (κ2) is 8.16. The van der Waals surface area contributed by atoms with Crippen molar-refractivity contribution in [2.45, 2.75) is 39.7 Å². The second-order valence-electron chi connectivity index (χ2n) is 4.59. The van der Waals surface area contributed by atoms with Crippen LogP contribution >= 0.6 is 0 Å². The minimum absolute atomic E-state index is 0.741. The Morgan fingerprint density at radius 2 is 2.11 bits per heavy atom. The van der Waals surface area contributed by atoms with Gasteiger partial charge in [-0.3, -0.25) is 4.90 Å². The Labute approximate surface area is 110 Å². The topological polar surface area (TPSA) is 38.2 Å². The van der Waals surface area contributed by atoms with Crippen LogP contribution in [0.15, 0.2) is 6.20 Å². The summed E-state index contributed by atoms with van der Waals surface area (Å²) in [5, 5.41) is 0. The predicted octanol–water partition coefficient (Wildman–Crippen LogP) is 2.07. The molecular weight excluding hydrogens is 226 g/mol. The lowest BCUT2D eigenvalue weighted by Gasteiger charge is -2.16. The van der Waals surface area contributed by atoms with E-state index in [1.807, 2.05) is 6.20 Å². The summed E-state index contributed by atoms with van der Waals surface area (Å²) in [6.45, 7) is 6.77. The minimum atomic E-state index is 0.741. The largest absolute Gasteiger partial charge is 0.383 e. The van der Waals surface area contributed by atoms with Crippen LogP contribution in [0.2, 0.25) is 0 Å². The molecule has 0 atom stereocenters. The van der Waals surface area contributed by atoms with E-state index in [1.54, 1.807) is 7.11 Å². The first-order chi connectivity index (χ1) is 8.71. The van der Waals surface area contributed by atoms with Crippen molar-refractivity contribution < 1.29 is 4.74 Å². The van der Waals surface area contributed by atoms with Crippen molar-refractivity contribution in [2.24, 2.45) is 0 Å². The Morgan fingerprint density at radius 3 is 2.72 bits per heavy atom. The zero-order chi connectivity index (χ0) is 13.4. The fraction of sp³-hybridized carbons (Fsp3) is 0.714. The van der Waals surface area contributed by atoms with E-state index in [0.29, 0.717) is 0 Å². The van der Waals surface area contributed by atoms with Gasteiger partial charge in [-0.2, -0.15) is 0 Å². The van der Waals surface area contributed by atoms with E-state index in [1.165, 1.54) is 11.3 Å². The molecule has 0 bridgehead atoms. The minimum Gasteiger partial charge on any atom is -0.383 e. The lowest BCUT2D eigenvalue weighted by atomic mass is 10.1. The van der Waals surface area contributed by atoms with Gasteiger partial charge < -0.3 is 4.74 Å². The number of hydrogen-bond donors (Lipinski definition) is 0. The summed E-state index contributed by atoms with van der Waals surface area (Å²) < 4.78 is 5.07. The van der Waals surface area contributed by atoms with Crippen molar-refractivity contribution in [1.82, 2.24) is 14.9 Å². The Balaban J connectivity index is 2.68. The Kier molecular flexibility index (Phi) is 6.83. The molecule has 0 aliphatic carbocycles. The van der Waals surface area contributed by atoms with E-state index in [2.05, 4.69) is 35.8 Å². The first kappa shape index (κ1) is 15.1. The van der Waals surface area contributed by atoms with E-state index in [-0.39, 0.29) is 0 Å². The molecule has 1 rings (SSSR count). The maximum absolute atomic E-state index is 5.07. The van der Waals surface area contributed by atoms with Crippen LogP contribution in [-0.4, -0.2) is 42.2 Å². The summed E-state index contributed by atoms with van der Waals surface area (Å²) in [5.41, 5.74) is 2.49. The van der Waals surface area contributed by atoms with Crippen molar-refractivity contribution in [1.29, 1.82) is 0 Å². The van der Waals surface area contributed by atoms with Crippen LogP contribution in [0.25, 0.3) is 0 Å². The summed E-state index contributed by atoms with van der Waals surface area (Å²) in [6.07, 6.45) is 5.16. The number of aryl methyl sites for hydroxylation is 2. The number of aromatic nitrogens is 2. The summed E-state index contributed by atoms with van der Waals surface area (Å²) in [4.78, 5) is 11.3. The monoisotopic (exact) mass is 251 g/mol. The highest BCUT2D eigenvalue weighted by Crippen LogP contribution is 2.09. The van der Waals surface area contributed by atoms with E-state index in [9.17, 15) is 0 Å². The van der Waals surface area contributed by atoms with Crippen molar-refractivity contribution >= 4 is 0 Å². The Hall–Kier alpha value is -1.00. The molecule has 0 aromatic carbocycles. The van der Waals surface area contributed by atoms with Crippen molar-refractivity contribution in [3.63, 3.8) is 0 Å². The lowest BCUT2D eigenvalue weighted by molar-refractivity contribution is 0.157. The number of methoxy groups -OCH3 is 1. The number of likely N-dealkylation sites (N-methyl/N-ethyl adjacent to an activating group) is 1. The molecule has 4 heteroatoms. The quantitative estimate of drug-likeness (QED) is 0.709. The fourth-order valence-corrected chi connectivity index (χ4v) is 1.88. The van der Waals surface area contributed by atoms with E-state index >= 15 is 0 Å². The summed E-state index contributed by atoms with van der Waals surface area (Å²) in [5.74, 6) is 0.911. The molecule has 4 nitrogen and oxygen atoms in total. The van der Waals surface area contributed by atoms with Crippen LogP contribution in [0.5, 0.6) is 0 Å². The molecule has 1 heterocycles. The van der Waals surface area contributed by atoms with Gasteiger partial charge in [0.05, 0.1) is 13.2 Å². The van der Waals surface area contributed by atoms with Crippen molar-refractivity contribution in [2.75, 3.05) is 27.3 Å². The average Bonchev–Trinajstić information content (AvgIpc) is 2.37. The molecule has 0 unspecified atom stereocenters. The van der Waals surface area contributed by atoms with Crippen LogP contribution < -0.4 is 0 Å². The van der Waals surface area contributed by atoms with Crippen LogP contribution in [0.3, 0.4) is 0 Å². The number of rotatable bonds is 8. The third-order valence-electron chi connectivity index (χ3n) is 2.96. The highest BCUT2D eigenvalue weighted by atomic mass is 16.5. The highest BCUT2D eigenvalue weighted by molar-refractivity contribution is 5.17. The molecular formula is C14H25N3O. The van der Waals surface area contributed by atoms with Crippen LogP contribution in [0.4, 0.5) is 0 Å². The van der Waals surface area contributed by atoms with Crippen LogP contribution in [-0.2, 0) is 24.1 Å². The molecule has 0 fully saturated rings. The molecule has 0 amide bonds. The predicted molar refractivity (Wildman–Crippen MR) is 73.6 cm³/mol. The third-order valence-corrected chi connectivity index (χ3v) is 2.96. The van der Waals surface area contributed by atoms with E-state index < -0.39 is 0 Å². The van der Waals surface area contributed by atoms with Gasteiger partial charge in [-0.1, -0.05) is 20.3 Å². The molecule has 0 N–H and O–H groups in total. The molecule has 0 radical (unpaired) electrons. The molecule has 1 aromatic heterocycles. The molecule has 18 heavy (non-hydrogen) atoms. The maximum atomic E-state index is 5.07. The summed E-state index contributed by atoms with van der Waals surface area (Å²) in [6, 6.07) is 0. The third kappa shape index (κ3) is 4.70. The smallest absolute Gasteiger partial charge is 0.142 e. The molecule has 0 aliphatic rings. The molecule has 0 saturated carbocycles. The fourth-order valence-electron chi connectivity index (χ4n) is 1.88. The van der Waals surface area contributed by atoms with Gasteiger partial charge in [-0.25, -0.2) is 9.97 Å². The number of ether oxygens (including phenoxy) is 1. The van der Waals surface area contributed by atoms with Gasteiger partial charge in [-0.05, 0) is 25.5 Å². The van der Waals surface area contributed by atoms with E-state index in [0.717, 1.165) is 44.8 Å². The summed E-state index contributed by atoms with van der Waals surface area (Å²) >= 11 is 0. The van der Waals surface area contributed by atoms with Gasteiger partial charge in [0, 0.05) is 25.5 Å². The van der Waals surface area contributed by atoms with Gasteiger partial charge >= 0.3 is 0 Å².